The molecule has 0 fully saturated rings. The van der Waals surface area contributed by atoms with Crippen LogP contribution in [0.5, 0.6) is 5.75 Å². The van der Waals surface area contributed by atoms with E-state index in [9.17, 15) is 13.2 Å². The summed E-state index contributed by atoms with van der Waals surface area (Å²) in [7, 11) is -3.63. The maximum Gasteiger partial charge on any atom is 0.241 e. The Morgan fingerprint density at radius 1 is 1.21 bits per heavy atom. The summed E-state index contributed by atoms with van der Waals surface area (Å²) in [5, 5.41) is 3.01. The molecule has 29 heavy (non-hydrogen) atoms. The molecule has 0 saturated heterocycles. The summed E-state index contributed by atoms with van der Waals surface area (Å²) in [6, 6.07) is 12.9. The van der Waals surface area contributed by atoms with Crippen LogP contribution in [0.4, 0.5) is 5.69 Å². The van der Waals surface area contributed by atoms with Crippen LogP contribution in [0.25, 0.3) is 0 Å². The third-order valence-electron chi connectivity index (χ3n) is 5.03. The van der Waals surface area contributed by atoms with Crippen molar-refractivity contribution in [1.82, 2.24) is 5.32 Å². The highest BCUT2D eigenvalue weighted by molar-refractivity contribution is 7.92. The summed E-state index contributed by atoms with van der Waals surface area (Å²) in [5.41, 5.74) is 2.72. The fourth-order valence-corrected chi connectivity index (χ4v) is 4.58. The van der Waals surface area contributed by atoms with Crippen molar-refractivity contribution < 1.29 is 17.9 Å². The Kier molecular flexibility index (Phi) is 5.63. The van der Waals surface area contributed by atoms with Crippen molar-refractivity contribution in [1.29, 1.82) is 0 Å². The fraction of sp³-hybridized carbons (Fsp3) is 0.409. The first-order valence-corrected chi connectivity index (χ1v) is 11.4. The van der Waals surface area contributed by atoms with E-state index < -0.39 is 15.6 Å². The lowest BCUT2D eigenvalue weighted by Gasteiger charge is -2.38. The number of rotatable bonds is 5. The minimum atomic E-state index is -3.63. The first kappa shape index (κ1) is 21.2. The number of hydrogen-bond donors (Lipinski definition) is 1. The monoisotopic (exact) mass is 416 g/mol. The molecule has 156 valence electrons. The van der Waals surface area contributed by atoms with E-state index in [0.717, 1.165) is 28.7 Å². The molecule has 0 aliphatic carbocycles. The smallest absolute Gasteiger partial charge is 0.241 e. The molecule has 1 amide bonds. The minimum absolute atomic E-state index is 0.248. The van der Waals surface area contributed by atoms with E-state index in [1.54, 1.807) is 6.07 Å². The van der Waals surface area contributed by atoms with Gasteiger partial charge >= 0.3 is 0 Å². The molecular weight excluding hydrogens is 388 g/mol. The summed E-state index contributed by atoms with van der Waals surface area (Å²) in [6.07, 6.45) is 1.72. The van der Waals surface area contributed by atoms with Gasteiger partial charge in [-0.3, -0.25) is 9.10 Å². The quantitative estimate of drug-likeness (QED) is 0.810. The predicted molar refractivity (Wildman–Crippen MR) is 115 cm³/mol. The molecule has 0 radical (unpaired) electrons. The number of carbonyl (C=O) groups excluding carboxylic acids is 1. The zero-order chi connectivity index (χ0) is 21.4. The molecule has 0 saturated carbocycles. The fourth-order valence-electron chi connectivity index (χ4n) is 3.67. The molecule has 6 nitrogen and oxygen atoms in total. The normalized spacial score (nSPS) is 17.8. The van der Waals surface area contributed by atoms with Gasteiger partial charge in [0.25, 0.3) is 0 Å². The van der Waals surface area contributed by atoms with Crippen LogP contribution in [-0.2, 0) is 14.8 Å². The molecule has 1 aliphatic rings. The van der Waals surface area contributed by atoms with E-state index in [-0.39, 0.29) is 18.5 Å². The molecule has 0 bridgehead atoms. The number of para-hydroxylation sites is 1. The third-order valence-corrected chi connectivity index (χ3v) is 6.16. The van der Waals surface area contributed by atoms with Crippen LogP contribution in [0, 0.1) is 13.8 Å². The number of nitrogens with zero attached hydrogens (tertiary/aromatic N) is 1. The number of benzene rings is 2. The van der Waals surface area contributed by atoms with Crippen LogP contribution in [-0.4, -0.2) is 32.7 Å². The summed E-state index contributed by atoms with van der Waals surface area (Å²) in [5.74, 6) is 0.386. The number of amides is 1. The van der Waals surface area contributed by atoms with Crippen molar-refractivity contribution in [2.75, 3.05) is 17.1 Å². The van der Waals surface area contributed by atoms with Crippen molar-refractivity contribution >= 4 is 21.6 Å². The molecule has 1 N–H and O–H groups in total. The Labute approximate surface area is 172 Å². The van der Waals surface area contributed by atoms with E-state index >= 15 is 0 Å². The second kappa shape index (κ2) is 7.71. The van der Waals surface area contributed by atoms with Crippen LogP contribution in [0.3, 0.4) is 0 Å². The zero-order valence-electron chi connectivity index (χ0n) is 17.5. The van der Waals surface area contributed by atoms with Gasteiger partial charge in [0.15, 0.2) is 0 Å². The topological polar surface area (TPSA) is 75.7 Å². The number of aryl methyl sites for hydroxylation is 2. The second-order valence-corrected chi connectivity index (χ2v) is 10.2. The van der Waals surface area contributed by atoms with Gasteiger partial charge in [-0.2, -0.15) is 0 Å². The highest BCUT2D eigenvalue weighted by Crippen LogP contribution is 2.39. The van der Waals surface area contributed by atoms with E-state index in [0.29, 0.717) is 12.1 Å². The molecule has 1 unspecified atom stereocenters. The van der Waals surface area contributed by atoms with Gasteiger partial charge < -0.3 is 10.1 Å². The molecule has 7 heteroatoms. The van der Waals surface area contributed by atoms with Crippen LogP contribution in [0.1, 0.15) is 43.0 Å². The number of sulfonamides is 1. The Morgan fingerprint density at radius 3 is 2.59 bits per heavy atom. The lowest BCUT2D eigenvalue weighted by atomic mass is 9.89. The molecule has 1 heterocycles. The summed E-state index contributed by atoms with van der Waals surface area (Å²) >= 11 is 0. The maximum absolute atomic E-state index is 12.9. The van der Waals surface area contributed by atoms with Crippen molar-refractivity contribution in [2.24, 2.45) is 0 Å². The standard InChI is InChI=1S/C22H28N2O4S/c1-15-10-11-16(2)19(12-15)24(29(5,26)27)14-21(25)23-18-13-22(3,4)28-20-9-7-6-8-17(18)20/h6-12,18H,13-14H2,1-5H3,(H,23,25). The van der Waals surface area contributed by atoms with Crippen molar-refractivity contribution in [3.63, 3.8) is 0 Å². The summed E-state index contributed by atoms with van der Waals surface area (Å²) in [4.78, 5) is 12.9. The van der Waals surface area contributed by atoms with Crippen molar-refractivity contribution in [3.05, 3.63) is 59.2 Å². The lowest BCUT2D eigenvalue weighted by Crippen LogP contribution is -2.45. The van der Waals surface area contributed by atoms with Crippen molar-refractivity contribution in [2.45, 2.75) is 45.8 Å². The van der Waals surface area contributed by atoms with Gasteiger partial charge in [-0.05, 0) is 51.0 Å². The molecule has 2 aromatic carbocycles. The van der Waals surface area contributed by atoms with E-state index in [2.05, 4.69) is 5.32 Å². The predicted octanol–water partition coefficient (Wildman–Crippen LogP) is 3.49. The largest absolute Gasteiger partial charge is 0.487 e. The lowest BCUT2D eigenvalue weighted by molar-refractivity contribution is -0.120. The van der Waals surface area contributed by atoms with E-state index in [4.69, 9.17) is 4.74 Å². The number of fused-ring (bicyclic) bond motifs is 1. The van der Waals surface area contributed by atoms with E-state index in [1.165, 1.54) is 4.31 Å². The van der Waals surface area contributed by atoms with Crippen molar-refractivity contribution in [3.8, 4) is 5.75 Å². The number of nitrogens with one attached hydrogen (secondary N) is 1. The zero-order valence-corrected chi connectivity index (χ0v) is 18.3. The van der Waals surface area contributed by atoms with Gasteiger partial charge in [0, 0.05) is 12.0 Å². The molecule has 2 aromatic rings. The number of ether oxygens (including phenoxy) is 1. The molecule has 1 atom stereocenters. The van der Waals surface area contributed by atoms with Gasteiger partial charge in [-0.1, -0.05) is 30.3 Å². The van der Waals surface area contributed by atoms with Gasteiger partial charge in [-0.25, -0.2) is 8.42 Å². The second-order valence-electron chi connectivity index (χ2n) is 8.28. The Balaban J connectivity index is 1.86. The molecular formula is C22H28N2O4S. The summed E-state index contributed by atoms with van der Waals surface area (Å²) < 4.78 is 32.1. The molecule has 0 aromatic heterocycles. The van der Waals surface area contributed by atoms with Gasteiger partial charge in [0.2, 0.25) is 15.9 Å². The Bertz CT molecular complexity index is 1030. The van der Waals surface area contributed by atoms with Crippen LogP contribution in [0.15, 0.2) is 42.5 Å². The third kappa shape index (κ3) is 4.90. The molecule has 3 rings (SSSR count). The highest BCUT2D eigenvalue weighted by Gasteiger charge is 2.35. The van der Waals surface area contributed by atoms with Crippen LogP contribution >= 0.6 is 0 Å². The minimum Gasteiger partial charge on any atom is -0.487 e. The van der Waals surface area contributed by atoms with Crippen LogP contribution in [0.2, 0.25) is 0 Å². The average molecular weight is 417 g/mol. The number of carbonyl (C=O) groups is 1. The maximum atomic E-state index is 12.9. The van der Waals surface area contributed by atoms with Crippen LogP contribution < -0.4 is 14.4 Å². The average Bonchev–Trinajstić information content (AvgIpc) is 2.60. The van der Waals surface area contributed by atoms with Gasteiger partial charge in [0.05, 0.1) is 18.0 Å². The number of hydrogen-bond acceptors (Lipinski definition) is 4. The highest BCUT2D eigenvalue weighted by atomic mass is 32.2. The SMILES string of the molecule is Cc1ccc(C)c(N(CC(=O)NC2CC(C)(C)Oc3ccccc32)S(C)(=O)=O)c1. The van der Waals surface area contributed by atoms with Gasteiger partial charge in [0.1, 0.15) is 17.9 Å². The van der Waals surface area contributed by atoms with Gasteiger partial charge in [-0.15, -0.1) is 0 Å². The molecule has 0 spiro atoms. The first-order valence-electron chi connectivity index (χ1n) is 9.58. The Hall–Kier alpha value is -2.54. The molecule has 1 aliphatic heterocycles. The first-order chi connectivity index (χ1) is 13.5. The summed E-state index contributed by atoms with van der Waals surface area (Å²) in [6.45, 7) is 7.40. The Morgan fingerprint density at radius 2 is 1.90 bits per heavy atom. The van der Waals surface area contributed by atoms with E-state index in [1.807, 2.05) is 64.1 Å². The number of anilines is 1.